The van der Waals surface area contributed by atoms with Gasteiger partial charge in [0.25, 0.3) is 0 Å². The SMILES string of the molecule is c1ccc(-c2cc(-c3ccccc3)cc([Si](c3ccccc3)(c3ccccc3)c3cc(-c4ccccc4)c(-n4c5ccccc5c5cc(-c6ccc7sc8ccccc8c7c6)ccc54)c(-c4ccccc4)c3)c2)cc1. The van der Waals surface area contributed by atoms with Gasteiger partial charge in [-0.3, -0.25) is 0 Å². The lowest BCUT2D eigenvalue weighted by Gasteiger charge is -2.36. The van der Waals surface area contributed by atoms with Gasteiger partial charge < -0.3 is 4.57 Å². The minimum atomic E-state index is -3.26. The Morgan fingerprint density at radius 1 is 0.240 bits per heavy atom. The highest BCUT2D eigenvalue weighted by atomic mass is 32.1. The quantitative estimate of drug-likeness (QED) is 0.0951. The van der Waals surface area contributed by atoms with Gasteiger partial charge in [-0.25, -0.2) is 0 Å². The van der Waals surface area contributed by atoms with Crippen LogP contribution in [0, 0.1) is 0 Å². The summed E-state index contributed by atoms with van der Waals surface area (Å²) < 4.78 is 5.20. The number of hydrogen-bond donors (Lipinski definition) is 0. The average molecular weight is 988 g/mol. The largest absolute Gasteiger partial charge is 0.308 e. The normalized spacial score (nSPS) is 11.7. The monoisotopic (exact) mass is 987 g/mol. The topological polar surface area (TPSA) is 4.93 Å². The van der Waals surface area contributed by atoms with Crippen LogP contribution in [0.5, 0.6) is 0 Å². The Morgan fingerprint density at radius 2 is 0.653 bits per heavy atom. The zero-order chi connectivity index (χ0) is 49.7. The van der Waals surface area contributed by atoms with E-state index in [1.807, 2.05) is 11.3 Å². The molecule has 0 aliphatic carbocycles. The van der Waals surface area contributed by atoms with Gasteiger partial charge in [-0.15, -0.1) is 11.3 Å². The third-order valence-electron chi connectivity index (χ3n) is 15.3. The van der Waals surface area contributed by atoms with Gasteiger partial charge in [-0.2, -0.15) is 0 Å². The lowest BCUT2D eigenvalue weighted by atomic mass is 9.95. The second-order valence-electron chi connectivity index (χ2n) is 19.6. The molecule has 0 spiro atoms. The van der Waals surface area contributed by atoms with Crippen molar-refractivity contribution in [3.05, 3.63) is 297 Å². The Kier molecular flexibility index (Phi) is 11.1. The molecule has 12 aromatic carbocycles. The van der Waals surface area contributed by atoms with Crippen molar-refractivity contribution >= 4 is 82.1 Å². The third kappa shape index (κ3) is 7.67. The molecule has 352 valence electrons. The van der Waals surface area contributed by atoms with E-state index in [0.717, 1.165) is 16.8 Å². The maximum Gasteiger partial charge on any atom is 0.179 e. The summed E-state index contributed by atoms with van der Waals surface area (Å²) in [5, 5.41) is 10.4. The number of para-hydroxylation sites is 1. The van der Waals surface area contributed by atoms with Crippen molar-refractivity contribution in [2.24, 2.45) is 0 Å². The molecule has 1 nitrogen and oxygen atoms in total. The van der Waals surface area contributed by atoms with Gasteiger partial charge in [-0.1, -0.05) is 255 Å². The van der Waals surface area contributed by atoms with Crippen molar-refractivity contribution in [3.63, 3.8) is 0 Å². The summed E-state index contributed by atoms with van der Waals surface area (Å²) in [5.74, 6) is 0. The minimum Gasteiger partial charge on any atom is -0.308 e. The molecule has 75 heavy (non-hydrogen) atoms. The Bertz CT molecular complexity index is 4220. The third-order valence-corrected chi connectivity index (χ3v) is 21.2. The molecule has 14 aromatic rings. The number of nitrogens with zero attached hydrogens (tertiary/aromatic N) is 1. The number of rotatable bonds is 10. The minimum absolute atomic E-state index is 1.16. The van der Waals surface area contributed by atoms with Crippen molar-refractivity contribution in [1.29, 1.82) is 0 Å². The second kappa shape index (κ2) is 18.7. The van der Waals surface area contributed by atoms with Crippen molar-refractivity contribution < 1.29 is 0 Å². The molecular formula is C72H49NSSi. The van der Waals surface area contributed by atoms with Crippen molar-refractivity contribution in [3.8, 4) is 61.3 Å². The summed E-state index contributed by atoms with van der Waals surface area (Å²) in [6.45, 7) is 0. The second-order valence-corrected chi connectivity index (χ2v) is 24.5. The van der Waals surface area contributed by atoms with E-state index in [9.17, 15) is 0 Å². The zero-order valence-electron chi connectivity index (χ0n) is 41.1. The Morgan fingerprint density at radius 3 is 1.21 bits per heavy atom. The Balaban J connectivity index is 1.10. The molecule has 0 amide bonds. The van der Waals surface area contributed by atoms with Gasteiger partial charge in [0.2, 0.25) is 0 Å². The maximum absolute atomic E-state index is 3.26. The fourth-order valence-electron chi connectivity index (χ4n) is 11.9. The number of hydrogen-bond acceptors (Lipinski definition) is 1. The molecule has 0 unspecified atom stereocenters. The molecule has 0 saturated heterocycles. The Labute approximate surface area is 442 Å². The summed E-state index contributed by atoms with van der Waals surface area (Å²) in [5.41, 5.74) is 15.4. The van der Waals surface area contributed by atoms with Crippen LogP contribution in [0.3, 0.4) is 0 Å². The number of thiophene rings is 1. The van der Waals surface area contributed by atoms with Gasteiger partial charge in [-0.05, 0) is 108 Å². The molecule has 3 heteroatoms. The van der Waals surface area contributed by atoms with Crippen molar-refractivity contribution in [2.75, 3.05) is 0 Å². The molecule has 0 N–H and O–H groups in total. The molecule has 0 bridgehead atoms. The first kappa shape index (κ1) is 44.6. The summed E-state index contributed by atoms with van der Waals surface area (Å²) >= 11 is 1.87. The molecule has 2 heterocycles. The van der Waals surface area contributed by atoms with Gasteiger partial charge >= 0.3 is 0 Å². The summed E-state index contributed by atoms with van der Waals surface area (Å²) in [6, 6.07) is 111. The highest BCUT2D eigenvalue weighted by Gasteiger charge is 2.43. The molecule has 14 rings (SSSR count). The lowest BCUT2D eigenvalue weighted by molar-refractivity contribution is 1.18. The summed E-state index contributed by atoms with van der Waals surface area (Å²) in [7, 11) is -3.26. The molecule has 2 aromatic heterocycles. The van der Waals surface area contributed by atoms with Gasteiger partial charge in [0.05, 0.1) is 16.7 Å². The first-order valence-corrected chi connectivity index (χ1v) is 28.6. The fraction of sp³-hybridized carbons (Fsp3) is 0. The smallest absolute Gasteiger partial charge is 0.179 e. The highest BCUT2D eigenvalue weighted by molar-refractivity contribution is 7.25. The van der Waals surface area contributed by atoms with Crippen LogP contribution in [-0.4, -0.2) is 12.6 Å². The van der Waals surface area contributed by atoms with Gasteiger partial charge in [0.1, 0.15) is 0 Å². The van der Waals surface area contributed by atoms with E-state index in [4.69, 9.17) is 0 Å². The average Bonchev–Trinajstić information content (AvgIpc) is 4.05. The van der Waals surface area contributed by atoms with Crippen LogP contribution in [0.1, 0.15) is 0 Å². The van der Waals surface area contributed by atoms with Crippen LogP contribution in [0.15, 0.2) is 297 Å². The van der Waals surface area contributed by atoms with Crippen LogP contribution in [0.4, 0.5) is 0 Å². The maximum atomic E-state index is 2.58. The molecule has 0 radical (unpaired) electrons. The Hall–Kier alpha value is -9.12. The number of fused-ring (bicyclic) bond motifs is 6. The van der Waals surface area contributed by atoms with E-state index in [0.29, 0.717) is 0 Å². The zero-order valence-corrected chi connectivity index (χ0v) is 43.0. The predicted molar refractivity (Wildman–Crippen MR) is 324 cm³/mol. The molecule has 0 saturated carbocycles. The molecule has 0 aliphatic heterocycles. The van der Waals surface area contributed by atoms with Crippen LogP contribution in [0.25, 0.3) is 103 Å². The van der Waals surface area contributed by atoms with E-state index < -0.39 is 8.07 Å². The van der Waals surface area contributed by atoms with Crippen molar-refractivity contribution in [2.45, 2.75) is 0 Å². The molecule has 0 atom stereocenters. The van der Waals surface area contributed by atoms with Crippen LogP contribution >= 0.6 is 11.3 Å². The van der Waals surface area contributed by atoms with Gasteiger partial charge in [0, 0.05) is 42.1 Å². The van der Waals surface area contributed by atoms with E-state index in [2.05, 4.69) is 302 Å². The molecule has 0 aliphatic rings. The van der Waals surface area contributed by atoms with E-state index >= 15 is 0 Å². The van der Waals surface area contributed by atoms with Crippen LogP contribution in [0.2, 0.25) is 0 Å². The van der Waals surface area contributed by atoms with E-state index in [-0.39, 0.29) is 0 Å². The lowest BCUT2D eigenvalue weighted by Crippen LogP contribution is -2.74. The predicted octanol–water partition coefficient (Wildman–Crippen LogP) is 16.9. The van der Waals surface area contributed by atoms with Crippen LogP contribution in [-0.2, 0) is 0 Å². The van der Waals surface area contributed by atoms with Crippen molar-refractivity contribution in [1.82, 2.24) is 4.57 Å². The number of aromatic nitrogens is 1. The van der Waals surface area contributed by atoms with E-state index in [1.54, 1.807) is 0 Å². The van der Waals surface area contributed by atoms with Crippen LogP contribution < -0.4 is 20.7 Å². The first-order chi connectivity index (χ1) is 37.2. The standard InChI is InChI=1S/C72H49NSSi/c1-7-23-50(24-8-1)56-43-57(51-25-9-2-10-26-51)45-60(44-56)75(58-31-15-5-16-32-58,59-33-17-6-18-34-59)61-48-64(52-27-11-3-12-28-52)72(65(49-61)53-29-13-4-14-30-53)73-68-37-21-19-35-62(68)66-46-54(39-41-69(66)73)55-40-42-71-67(47-55)63-36-20-22-38-70(63)74-71/h1-49H. The molecule has 0 fully saturated rings. The fourth-order valence-corrected chi connectivity index (χ4v) is 17.8. The summed E-state index contributed by atoms with van der Waals surface area (Å²) in [6.07, 6.45) is 0. The first-order valence-electron chi connectivity index (χ1n) is 25.8. The highest BCUT2D eigenvalue weighted by Crippen LogP contribution is 2.43. The number of benzene rings is 12. The summed E-state index contributed by atoms with van der Waals surface area (Å²) in [4.78, 5) is 0. The van der Waals surface area contributed by atoms with Gasteiger partial charge in [0.15, 0.2) is 8.07 Å². The molecular weight excluding hydrogens is 939 g/mol. The van der Waals surface area contributed by atoms with E-state index in [1.165, 1.54) is 107 Å².